The Kier molecular flexibility index (Phi) is 4.69. The molecular formula is C19H20ClNO2. The van der Waals surface area contributed by atoms with Crippen LogP contribution in [-0.4, -0.2) is 29.1 Å². The fourth-order valence-corrected chi connectivity index (χ4v) is 3.55. The topological polar surface area (TPSA) is 40.5 Å². The highest BCUT2D eigenvalue weighted by Gasteiger charge is 2.43. The van der Waals surface area contributed by atoms with Gasteiger partial charge in [-0.15, -0.1) is 0 Å². The Bertz CT molecular complexity index is 672. The van der Waals surface area contributed by atoms with Crippen molar-refractivity contribution in [3.63, 3.8) is 0 Å². The maximum Gasteiger partial charge on any atom is 0.315 e. The van der Waals surface area contributed by atoms with Crippen molar-refractivity contribution in [2.75, 3.05) is 13.1 Å². The van der Waals surface area contributed by atoms with Gasteiger partial charge in [0.25, 0.3) is 0 Å². The molecule has 0 spiro atoms. The van der Waals surface area contributed by atoms with Gasteiger partial charge in [-0.2, -0.15) is 0 Å². The second kappa shape index (κ2) is 6.73. The van der Waals surface area contributed by atoms with E-state index in [-0.39, 0.29) is 0 Å². The molecule has 0 unspecified atom stereocenters. The average Bonchev–Trinajstić information content (AvgIpc) is 2.56. The Morgan fingerprint density at radius 2 is 1.83 bits per heavy atom. The van der Waals surface area contributed by atoms with Gasteiger partial charge in [-0.3, -0.25) is 9.69 Å². The van der Waals surface area contributed by atoms with Gasteiger partial charge in [-0.05, 0) is 42.6 Å². The third kappa shape index (κ3) is 3.41. The van der Waals surface area contributed by atoms with Crippen LogP contribution in [0.25, 0.3) is 0 Å². The van der Waals surface area contributed by atoms with Gasteiger partial charge in [-0.25, -0.2) is 0 Å². The van der Waals surface area contributed by atoms with Crippen LogP contribution in [0, 0.1) is 0 Å². The first kappa shape index (κ1) is 16.0. The summed E-state index contributed by atoms with van der Waals surface area (Å²) in [5, 5.41) is 10.6. The summed E-state index contributed by atoms with van der Waals surface area (Å²) in [6.07, 6.45) is 1.54. The van der Waals surface area contributed by atoms with Gasteiger partial charge in [0, 0.05) is 18.1 Å². The second-order valence-corrected chi connectivity index (χ2v) is 6.63. The molecule has 0 saturated carbocycles. The van der Waals surface area contributed by atoms with Crippen LogP contribution in [0.1, 0.15) is 24.0 Å². The molecule has 2 aromatic rings. The molecule has 1 fully saturated rings. The van der Waals surface area contributed by atoms with Crippen molar-refractivity contribution in [1.29, 1.82) is 0 Å². The van der Waals surface area contributed by atoms with E-state index < -0.39 is 11.4 Å². The normalized spacial score (nSPS) is 22.0. The molecule has 0 bridgehead atoms. The van der Waals surface area contributed by atoms with Crippen molar-refractivity contribution < 1.29 is 9.90 Å². The predicted molar refractivity (Wildman–Crippen MR) is 91.7 cm³/mol. The minimum Gasteiger partial charge on any atom is -0.481 e. The number of hydrogen-bond acceptors (Lipinski definition) is 2. The zero-order valence-electron chi connectivity index (χ0n) is 12.9. The third-order valence-corrected chi connectivity index (χ3v) is 4.88. The van der Waals surface area contributed by atoms with Crippen LogP contribution < -0.4 is 0 Å². The van der Waals surface area contributed by atoms with Crippen molar-refractivity contribution in [2.45, 2.75) is 24.8 Å². The van der Waals surface area contributed by atoms with Gasteiger partial charge in [-0.1, -0.05) is 54.1 Å². The zero-order valence-corrected chi connectivity index (χ0v) is 13.7. The Morgan fingerprint density at radius 3 is 2.48 bits per heavy atom. The number of piperidine rings is 1. The van der Waals surface area contributed by atoms with Crippen molar-refractivity contribution in [2.24, 2.45) is 0 Å². The van der Waals surface area contributed by atoms with E-state index in [9.17, 15) is 9.90 Å². The second-order valence-electron chi connectivity index (χ2n) is 6.19. The molecule has 1 aliphatic rings. The Hall–Kier alpha value is -1.84. The largest absolute Gasteiger partial charge is 0.481 e. The number of carboxylic acids is 1. The molecule has 0 amide bonds. The molecule has 0 aromatic heterocycles. The van der Waals surface area contributed by atoms with E-state index in [4.69, 9.17) is 11.6 Å². The Labute approximate surface area is 141 Å². The fourth-order valence-electron chi connectivity index (χ4n) is 3.42. The molecule has 1 saturated heterocycles. The highest BCUT2D eigenvalue weighted by molar-refractivity contribution is 6.30. The van der Waals surface area contributed by atoms with Crippen molar-refractivity contribution in [3.05, 3.63) is 70.7 Å². The Balaban J connectivity index is 1.85. The molecule has 1 atom stereocenters. The van der Waals surface area contributed by atoms with E-state index in [0.29, 0.717) is 18.0 Å². The minimum atomic E-state index is -0.850. The van der Waals surface area contributed by atoms with Crippen molar-refractivity contribution in [3.8, 4) is 0 Å². The fraction of sp³-hybridized carbons (Fsp3) is 0.316. The molecule has 1 N–H and O–H groups in total. The quantitative estimate of drug-likeness (QED) is 0.923. The number of benzene rings is 2. The van der Waals surface area contributed by atoms with Gasteiger partial charge in [0.2, 0.25) is 0 Å². The Morgan fingerprint density at radius 1 is 1.13 bits per heavy atom. The summed E-state index contributed by atoms with van der Waals surface area (Å²) in [5.41, 5.74) is 1.20. The maximum atomic E-state index is 12.1. The van der Waals surface area contributed by atoms with E-state index in [1.54, 1.807) is 12.1 Å². The number of likely N-dealkylation sites (tertiary alicyclic amines) is 1. The number of nitrogens with zero attached hydrogens (tertiary/aromatic N) is 1. The third-order valence-electron chi connectivity index (χ3n) is 4.63. The van der Waals surface area contributed by atoms with Crippen LogP contribution in [0.3, 0.4) is 0 Å². The minimum absolute atomic E-state index is 0.527. The number of rotatable bonds is 4. The molecule has 0 aliphatic carbocycles. The number of aliphatic carboxylic acids is 1. The monoisotopic (exact) mass is 329 g/mol. The summed E-state index contributed by atoms with van der Waals surface area (Å²) in [6, 6.07) is 17.4. The SMILES string of the molecule is O=C(O)[C@]1(c2ccc(Cl)cc2)CCCN(Cc2ccccc2)C1. The van der Waals surface area contributed by atoms with Crippen LogP contribution in [0.5, 0.6) is 0 Å². The first-order valence-corrected chi connectivity index (χ1v) is 8.24. The first-order chi connectivity index (χ1) is 11.1. The number of halogens is 1. The van der Waals surface area contributed by atoms with Crippen molar-refractivity contribution in [1.82, 2.24) is 4.90 Å². The lowest BCUT2D eigenvalue weighted by atomic mass is 9.74. The van der Waals surface area contributed by atoms with Crippen LogP contribution in [0.15, 0.2) is 54.6 Å². The molecule has 0 radical (unpaired) electrons. The number of carbonyl (C=O) groups is 1. The van der Waals surface area contributed by atoms with E-state index >= 15 is 0 Å². The molecule has 1 heterocycles. The van der Waals surface area contributed by atoms with E-state index in [1.807, 2.05) is 30.3 Å². The molecule has 3 rings (SSSR count). The summed E-state index contributed by atoms with van der Waals surface area (Å²) >= 11 is 5.95. The van der Waals surface area contributed by atoms with Gasteiger partial charge >= 0.3 is 5.97 Å². The first-order valence-electron chi connectivity index (χ1n) is 7.86. The van der Waals surface area contributed by atoms with Gasteiger partial charge in [0.1, 0.15) is 5.41 Å². The van der Waals surface area contributed by atoms with Gasteiger partial charge in [0.05, 0.1) is 0 Å². The van der Waals surface area contributed by atoms with Gasteiger partial charge < -0.3 is 5.11 Å². The number of hydrogen-bond donors (Lipinski definition) is 1. The highest BCUT2D eigenvalue weighted by atomic mass is 35.5. The lowest BCUT2D eigenvalue weighted by molar-refractivity contribution is -0.146. The molecular weight excluding hydrogens is 310 g/mol. The lowest BCUT2D eigenvalue weighted by Gasteiger charge is -2.40. The van der Waals surface area contributed by atoms with Crippen LogP contribution >= 0.6 is 11.6 Å². The van der Waals surface area contributed by atoms with Crippen LogP contribution in [-0.2, 0) is 16.8 Å². The van der Waals surface area contributed by atoms with Crippen molar-refractivity contribution >= 4 is 17.6 Å². The maximum absolute atomic E-state index is 12.1. The summed E-state index contributed by atoms with van der Waals surface area (Å²) in [5.74, 6) is -0.752. The van der Waals surface area contributed by atoms with E-state index in [1.165, 1.54) is 5.56 Å². The lowest BCUT2D eigenvalue weighted by Crippen LogP contribution is -2.50. The smallest absolute Gasteiger partial charge is 0.315 e. The molecule has 2 aromatic carbocycles. The standard InChI is InChI=1S/C19H20ClNO2/c20-17-9-7-16(8-10-17)19(18(22)23)11-4-12-21(14-19)13-15-5-2-1-3-6-15/h1-3,5-10H,4,11-14H2,(H,22,23)/t19-/m1/s1. The predicted octanol–water partition coefficient (Wildman–Crippen LogP) is 3.96. The highest BCUT2D eigenvalue weighted by Crippen LogP contribution is 2.35. The molecule has 120 valence electrons. The summed E-state index contributed by atoms with van der Waals surface area (Å²) in [4.78, 5) is 14.3. The molecule has 3 nitrogen and oxygen atoms in total. The van der Waals surface area contributed by atoms with Crippen LogP contribution in [0.2, 0.25) is 5.02 Å². The molecule has 1 aliphatic heterocycles. The number of carboxylic acid groups (broad SMARTS) is 1. The average molecular weight is 330 g/mol. The summed E-state index contributed by atoms with van der Waals surface area (Å²) < 4.78 is 0. The molecule has 23 heavy (non-hydrogen) atoms. The van der Waals surface area contributed by atoms with Gasteiger partial charge in [0.15, 0.2) is 0 Å². The van der Waals surface area contributed by atoms with E-state index in [2.05, 4.69) is 17.0 Å². The zero-order chi connectivity index (χ0) is 16.3. The molecule has 4 heteroatoms. The summed E-state index contributed by atoms with van der Waals surface area (Å²) in [7, 11) is 0. The van der Waals surface area contributed by atoms with Crippen LogP contribution in [0.4, 0.5) is 0 Å². The summed E-state index contributed by atoms with van der Waals surface area (Å²) in [6.45, 7) is 2.24. The van der Waals surface area contributed by atoms with E-state index in [0.717, 1.165) is 25.1 Å².